The van der Waals surface area contributed by atoms with Gasteiger partial charge >= 0.3 is 5.97 Å². The van der Waals surface area contributed by atoms with Crippen LogP contribution in [-0.4, -0.2) is 96.4 Å². The number of esters is 1. The van der Waals surface area contributed by atoms with Crippen LogP contribution in [0.25, 0.3) is 0 Å². The number of aliphatic hydroxyl groups excluding tert-OH is 1. The van der Waals surface area contributed by atoms with Crippen LogP contribution >= 0.6 is 0 Å². The van der Waals surface area contributed by atoms with Crippen molar-refractivity contribution in [1.82, 2.24) is 26.6 Å². The molecule has 0 spiro atoms. The van der Waals surface area contributed by atoms with Crippen LogP contribution in [-0.2, 0) is 44.7 Å². The fraction of sp³-hybridized carbons (Fsp3) is 0.629. The molecule has 0 heterocycles. The van der Waals surface area contributed by atoms with E-state index in [0.29, 0.717) is 19.3 Å². The van der Waals surface area contributed by atoms with Gasteiger partial charge in [0.05, 0.1) is 19.8 Å². The van der Waals surface area contributed by atoms with Crippen LogP contribution in [0.5, 0.6) is 0 Å². The Morgan fingerprint density at radius 1 is 0.740 bits per heavy atom. The first-order valence-corrected chi connectivity index (χ1v) is 17.1. The largest absolute Gasteiger partial charge is 0.467 e. The number of carbonyl (C=O) groups excluding carboxylic acids is 7. The maximum atomic E-state index is 14.2. The number of carbonyl (C=O) groups is 7. The molecule has 0 bridgehead atoms. The van der Waals surface area contributed by atoms with E-state index in [4.69, 9.17) is 15.6 Å². The Hall–Kier alpha value is -4.37. The Morgan fingerprint density at radius 2 is 1.28 bits per heavy atom. The van der Waals surface area contributed by atoms with E-state index in [-0.39, 0.29) is 24.0 Å². The number of methoxy groups -OCH3 is 1. The van der Waals surface area contributed by atoms with Gasteiger partial charge in [-0.1, -0.05) is 64.4 Å². The van der Waals surface area contributed by atoms with Gasteiger partial charge in [-0.25, -0.2) is 4.79 Å². The highest BCUT2D eigenvalue weighted by Gasteiger charge is 2.42. The van der Waals surface area contributed by atoms with E-state index in [9.17, 15) is 33.6 Å². The Morgan fingerprint density at radius 3 is 1.82 bits per heavy atom. The molecule has 0 aromatic heterocycles. The summed E-state index contributed by atoms with van der Waals surface area (Å²) < 4.78 is 4.82. The molecular weight excluding hydrogens is 648 g/mol. The highest BCUT2D eigenvalue weighted by Crippen LogP contribution is 2.34. The Balaban J connectivity index is 2.22. The molecular formula is C35H54N6O9. The predicted octanol–water partition coefficient (Wildman–Crippen LogP) is -0.517. The molecule has 0 aliphatic heterocycles. The number of Topliss-reactive ketones (excluding diaryl/α,β-unsaturated/α-hetero) is 1. The normalized spacial score (nSPS) is 19.3. The van der Waals surface area contributed by atoms with E-state index in [0.717, 1.165) is 5.56 Å². The van der Waals surface area contributed by atoms with E-state index in [1.807, 2.05) is 18.2 Å². The van der Waals surface area contributed by atoms with Crippen molar-refractivity contribution in [2.45, 2.75) is 103 Å². The van der Waals surface area contributed by atoms with E-state index >= 15 is 0 Å². The molecule has 1 aliphatic rings. The number of nitrogens with one attached hydrogen (secondary N) is 5. The SMILES string of the molecule is COC(=O)C(NC(=O)[C@H](NC(=O)C1CCCC1C(=O)[C@H](Cc1ccccc1)NC(=O)[C@H](C)NC(=O)[C@H](C)NC(=O)[C@@H](N)CO)C(C)C)C(C)C. The van der Waals surface area contributed by atoms with Gasteiger partial charge in [0, 0.05) is 11.8 Å². The minimum atomic E-state index is -1.21. The third-order valence-electron chi connectivity index (χ3n) is 8.86. The molecule has 1 saturated carbocycles. The Bertz CT molecular complexity index is 1360. The van der Waals surface area contributed by atoms with Crippen LogP contribution in [0, 0.1) is 23.7 Å². The van der Waals surface area contributed by atoms with E-state index in [1.165, 1.54) is 21.0 Å². The smallest absolute Gasteiger partial charge is 0.328 e. The van der Waals surface area contributed by atoms with Crippen molar-refractivity contribution in [2.75, 3.05) is 13.7 Å². The maximum Gasteiger partial charge on any atom is 0.328 e. The summed E-state index contributed by atoms with van der Waals surface area (Å²) in [5.74, 6) is -6.18. The zero-order valence-electron chi connectivity index (χ0n) is 30.0. The first-order valence-electron chi connectivity index (χ1n) is 17.1. The molecule has 1 fully saturated rings. The number of nitrogens with two attached hydrogens (primary N) is 1. The summed E-state index contributed by atoms with van der Waals surface area (Å²) in [7, 11) is 1.23. The van der Waals surface area contributed by atoms with Crippen molar-refractivity contribution in [3.8, 4) is 0 Å². The van der Waals surface area contributed by atoms with Crippen molar-refractivity contribution >= 4 is 41.3 Å². The van der Waals surface area contributed by atoms with Crippen LogP contribution in [0.1, 0.15) is 66.4 Å². The van der Waals surface area contributed by atoms with Gasteiger partial charge in [-0.2, -0.15) is 0 Å². The highest BCUT2D eigenvalue weighted by atomic mass is 16.5. The van der Waals surface area contributed by atoms with E-state index in [1.54, 1.807) is 39.8 Å². The van der Waals surface area contributed by atoms with Gasteiger partial charge in [0.25, 0.3) is 0 Å². The molecule has 278 valence electrons. The van der Waals surface area contributed by atoms with Gasteiger partial charge in [-0.15, -0.1) is 0 Å². The second-order valence-corrected chi connectivity index (χ2v) is 13.5. The lowest BCUT2D eigenvalue weighted by Crippen LogP contribution is -2.57. The Kier molecular flexibility index (Phi) is 16.5. The number of hydrogen-bond acceptors (Lipinski definition) is 10. The minimum Gasteiger partial charge on any atom is -0.467 e. The molecule has 1 aliphatic carbocycles. The summed E-state index contributed by atoms with van der Waals surface area (Å²) in [6, 6.07) is 2.71. The van der Waals surface area contributed by atoms with Crippen LogP contribution in [0.4, 0.5) is 0 Å². The average molecular weight is 703 g/mol. The van der Waals surface area contributed by atoms with Crippen molar-refractivity contribution in [3.63, 3.8) is 0 Å². The molecule has 5 amide bonds. The Labute approximate surface area is 293 Å². The monoisotopic (exact) mass is 702 g/mol. The lowest BCUT2D eigenvalue weighted by atomic mass is 9.85. The minimum absolute atomic E-state index is 0.129. The van der Waals surface area contributed by atoms with E-state index < -0.39 is 90.2 Å². The number of ether oxygens (including phenoxy) is 1. The molecule has 2 rings (SSSR count). The highest BCUT2D eigenvalue weighted by molar-refractivity contribution is 5.98. The number of ketones is 1. The predicted molar refractivity (Wildman–Crippen MR) is 184 cm³/mol. The fourth-order valence-electron chi connectivity index (χ4n) is 5.78. The summed E-state index contributed by atoms with van der Waals surface area (Å²) in [4.78, 5) is 91.4. The first-order chi connectivity index (χ1) is 23.5. The third kappa shape index (κ3) is 11.9. The van der Waals surface area contributed by atoms with Gasteiger partial charge in [-0.05, 0) is 50.5 Å². The van der Waals surface area contributed by atoms with E-state index in [2.05, 4.69) is 26.6 Å². The number of amides is 5. The number of rotatable bonds is 18. The molecule has 0 radical (unpaired) electrons. The van der Waals surface area contributed by atoms with Crippen LogP contribution in [0.2, 0.25) is 0 Å². The first kappa shape index (κ1) is 41.8. The number of benzene rings is 1. The zero-order valence-corrected chi connectivity index (χ0v) is 30.0. The number of hydrogen-bond donors (Lipinski definition) is 7. The second-order valence-electron chi connectivity index (χ2n) is 13.5. The quantitative estimate of drug-likeness (QED) is 0.0968. The molecule has 0 saturated heterocycles. The van der Waals surface area contributed by atoms with Crippen molar-refractivity contribution in [2.24, 2.45) is 29.4 Å². The van der Waals surface area contributed by atoms with Gasteiger partial charge in [0.15, 0.2) is 5.78 Å². The van der Waals surface area contributed by atoms with Crippen molar-refractivity contribution in [1.29, 1.82) is 0 Å². The number of aliphatic hydroxyl groups is 1. The molecule has 3 unspecified atom stereocenters. The third-order valence-corrected chi connectivity index (χ3v) is 8.86. The summed E-state index contributed by atoms with van der Waals surface area (Å²) in [5, 5.41) is 22.2. The molecule has 50 heavy (non-hydrogen) atoms. The summed E-state index contributed by atoms with van der Waals surface area (Å²) in [6.07, 6.45) is 1.50. The van der Waals surface area contributed by atoms with Gasteiger partial charge < -0.3 is 42.2 Å². The summed E-state index contributed by atoms with van der Waals surface area (Å²) >= 11 is 0. The van der Waals surface area contributed by atoms with Crippen molar-refractivity contribution < 1.29 is 43.4 Å². The lowest BCUT2D eigenvalue weighted by Gasteiger charge is -2.29. The van der Waals surface area contributed by atoms with Crippen LogP contribution in [0.3, 0.4) is 0 Å². The average Bonchev–Trinajstić information content (AvgIpc) is 3.58. The summed E-state index contributed by atoms with van der Waals surface area (Å²) in [6.45, 7) is 9.25. The fourth-order valence-corrected chi connectivity index (χ4v) is 5.78. The lowest BCUT2D eigenvalue weighted by molar-refractivity contribution is -0.147. The molecule has 15 heteroatoms. The summed E-state index contributed by atoms with van der Waals surface area (Å²) in [5.41, 5.74) is 6.25. The van der Waals surface area contributed by atoms with Gasteiger partial charge in [0.1, 0.15) is 30.2 Å². The van der Waals surface area contributed by atoms with Gasteiger partial charge in [0.2, 0.25) is 29.5 Å². The second kappa shape index (κ2) is 19.7. The van der Waals surface area contributed by atoms with Crippen molar-refractivity contribution in [3.05, 3.63) is 35.9 Å². The molecule has 8 N–H and O–H groups in total. The topological polar surface area (TPSA) is 235 Å². The van der Waals surface area contributed by atoms with Gasteiger partial charge in [-0.3, -0.25) is 28.8 Å². The molecule has 15 nitrogen and oxygen atoms in total. The molecule has 8 atom stereocenters. The molecule has 1 aromatic rings. The van der Waals surface area contributed by atoms with Crippen LogP contribution < -0.4 is 32.3 Å². The van der Waals surface area contributed by atoms with Crippen LogP contribution in [0.15, 0.2) is 30.3 Å². The zero-order chi connectivity index (χ0) is 37.7. The molecule has 1 aromatic carbocycles. The standard InChI is InChI=1S/C35H54N6O9/c1-18(2)27(34(48)41-28(19(3)4)35(49)50-7)40-32(46)24-15-11-14-23(24)29(43)26(16-22-12-9-8-10-13-22)39-31(45)21(6)37-30(44)20(5)38-33(47)25(36)17-42/h8-10,12-13,18-21,23-28,42H,11,14-17,36H2,1-7H3,(H,37,44)(H,38,47)(H,39,45)(H,40,46)(H,41,48)/t20-,21-,23?,24?,25-,26-,27+,28?/m0/s1. The maximum absolute atomic E-state index is 14.2.